The van der Waals surface area contributed by atoms with E-state index in [0.29, 0.717) is 13.2 Å². The van der Waals surface area contributed by atoms with Gasteiger partial charge in [0.05, 0.1) is 6.54 Å². The lowest BCUT2D eigenvalue weighted by atomic mass is 10.2. The summed E-state index contributed by atoms with van der Waals surface area (Å²) in [6.07, 6.45) is 2.51. The highest BCUT2D eigenvalue weighted by molar-refractivity contribution is 5.95. The molecular formula is C18H27N3O3. The molecule has 1 atom stereocenters. The van der Waals surface area contributed by atoms with Gasteiger partial charge in [0.25, 0.3) is 0 Å². The topological polar surface area (TPSA) is 70.7 Å². The quantitative estimate of drug-likeness (QED) is 0.680. The first-order valence-corrected chi connectivity index (χ1v) is 8.06. The molecule has 6 nitrogen and oxygen atoms in total. The number of likely N-dealkylation sites (N-methyl/N-ethyl adjacent to an activating group) is 1. The van der Waals surface area contributed by atoms with E-state index in [2.05, 4.69) is 17.2 Å². The summed E-state index contributed by atoms with van der Waals surface area (Å²) in [6, 6.07) is 7.24. The van der Waals surface area contributed by atoms with Crippen LogP contribution in [0.15, 0.2) is 36.9 Å². The number of rotatable bonds is 9. The second-order valence-electron chi connectivity index (χ2n) is 5.75. The van der Waals surface area contributed by atoms with Crippen LogP contribution in [0, 0.1) is 0 Å². The van der Waals surface area contributed by atoms with Crippen molar-refractivity contribution in [3.63, 3.8) is 0 Å². The largest absolute Gasteiger partial charge is 0.490 e. The normalized spacial score (nSPS) is 11.7. The van der Waals surface area contributed by atoms with Crippen LogP contribution >= 0.6 is 0 Å². The van der Waals surface area contributed by atoms with Crippen LogP contribution < -0.4 is 15.4 Å². The molecule has 0 radical (unpaired) electrons. The van der Waals surface area contributed by atoms with Gasteiger partial charge in [-0.3, -0.25) is 15.0 Å². The molecule has 0 unspecified atom stereocenters. The second-order valence-corrected chi connectivity index (χ2v) is 5.75. The lowest BCUT2D eigenvalue weighted by molar-refractivity contribution is -0.121. The number of hydrogen-bond acceptors (Lipinski definition) is 4. The van der Waals surface area contributed by atoms with E-state index in [1.807, 2.05) is 50.1 Å². The van der Waals surface area contributed by atoms with Gasteiger partial charge in [-0.1, -0.05) is 31.7 Å². The summed E-state index contributed by atoms with van der Waals surface area (Å²) < 4.78 is 5.42. The zero-order valence-electron chi connectivity index (χ0n) is 14.7. The van der Waals surface area contributed by atoms with Crippen molar-refractivity contribution in [3.05, 3.63) is 42.5 Å². The molecule has 6 heteroatoms. The fourth-order valence-electron chi connectivity index (χ4n) is 1.99. The van der Waals surface area contributed by atoms with Crippen molar-refractivity contribution in [3.8, 4) is 5.75 Å². The van der Waals surface area contributed by atoms with Gasteiger partial charge in [-0.2, -0.15) is 0 Å². The molecular weight excluding hydrogens is 306 g/mol. The highest BCUT2D eigenvalue weighted by Crippen LogP contribution is 2.13. The number of hydrogen-bond donors (Lipinski definition) is 2. The molecule has 0 aromatic heterocycles. The van der Waals surface area contributed by atoms with E-state index in [1.54, 1.807) is 6.08 Å². The fraction of sp³-hybridized carbons (Fsp3) is 0.444. The van der Waals surface area contributed by atoms with Crippen LogP contribution in [0.3, 0.4) is 0 Å². The molecule has 24 heavy (non-hydrogen) atoms. The second kappa shape index (κ2) is 10.4. The number of carbonyl (C=O) groups is 2. The molecule has 1 rings (SSSR count). The van der Waals surface area contributed by atoms with Gasteiger partial charge < -0.3 is 10.1 Å². The third-order valence-electron chi connectivity index (χ3n) is 3.40. The zero-order valence-corrected chi connectivity index (χ0v) is 14.7. The Labute approximate surface area is 143 Å². The first-order valence-electron chi connectivity index (χ1n) is 8.06. The van der Waals surface area contributed by atoms with E-state index in [-0.39, 0.29) is 18.5 Å². The maximum Gasteiger partial charge on any atom is 0.321 e. The van der Waals surface area contributed by atoms with E-state index >= 15 is 0 Å². The van der Waals surface area contributed by atoms with Crippen molar-refractivity contribution in [2.75, 3.05) is 20.2 Å². The SMILES string of the molecule is C=CCOc1ccc(CN(C)CC(=O)NC(=O)N[C@@H](C)CC)cc1. The van der Waals surface area contributed by atoms with Gasteiger partial charge in [0.1, 0.15) is 12.4 Å². The van der Waals surface area contributed by atoms with Crippen molar-refractivity contribution in [1.82, 2.24) is 15.5 Å². The van der Waals surface area contributed by atoms with Crippen LogP contribution in [-0.4, -0.2) is 43.1 Å². The van der Waals surface area contributed by atoms with E-state index in [1.165, 1.54) is 0 Å². The molecule has 3 amide bonds. The molecule has 0 fully saturated rings. The summed E-state index contributed by atoms with van der Waals surface area (Å²) in [4.78, 5) is 25.3. The highest BCUT2D eigenvalue weighted by Gasteiger charge is 2.12. The van der Waals surface area contributed by atoms with Gasteiger partial charge in [0.2, 0.25) is 5.91 Å². The Hall–Kier alpha value is -2.34. The average Bonchev–Trinajstić information content (AvgIpc) is 2.53. The average molecular weight is 333 g/mol. The van der Waals surface area contributed by atoms with Crippen LogP contribution in [0.1, 0.15) is 25.8 Å². The van der Waals surface area contributed by atoms with E-state index in [9.17, 15) is 9.59 Å². The molecule has 0 saturated heterocycles. The Bertz CT molecular complexity index is 543. The van der Waals surface area contributed by atoms with Gasteiger partial charge in [-0.25, -0.2) is 4.79 Å². The number of amides is 3. The van der Waals surface area contributed by atoms with Gasteiger partial charge in [-0.15, -0.1) is 0 Å². The highest BCUT2D eigenvalue weighted by atomic mass is 16.5. The predicted octanol–water partition coefficient (Wildman–Crippen LogP) is 2.31. The van der Waals surface area contributed by atoms with Crippen LogP contribution in [0.4, 0.5) is 4.79 Å². The Morgan fingerprint density at radius 1 is 1.33 bits per heavy atom. The summed E-state index contributed by atoms with van der Waals surface area (Å²) in [5.41, 5.74) is 1.06. The number of benzene rings is 1. The van der Waals surface area contributed by atoms with Crippen molar-refractivity contribution in [1.29, 1.82) is 0 Å². The van der Waals surface area contributed by atoms with E-state index in [4.69, 9.17) is 4.74 Å². The molecule has 0 saturated carbocycles. The molecule has 1 aromatic carbocycles. The predicted molar refractivity (Wildman–Crippen MR) is 94.9 cm³/mol. The zero-order chi connectivity index (χ0) is 17.9. The van der Waals surface area contributed by atoms with Crippen LogP contribution in [0.2, 0.25) is 0 Å². The van der Waals surface area contributed by atoms with E-state index < -0.39 is 6.03 Å². The first-order chi connectivity index (χ1) is 11.4. The molecule has 0 aliphatic heterocycles. The monoisotopic (exact) mass is 333 g/mol. The summed E-state index contributed by atoms with van der Waals surface area (Å²) in [7, 11) is 1.83. The molecule has 0 aliphatic carbocycles. The Morgan fingerprint density at radius 3 is 2.58 bits per heavy atom. The van der Waals surface area contributed by atoms with Crippen LogP contribution in [-0.2, 0) is 11.3 Å². The Morgan fingerprint density at radius 2 is 2.00 bits per heavy atom. The number of nitrogens with zero attached hydrogens (tertiary/aromatic N) is 1. The minimum absolute atomic E-state index is 0.0392. The molecule has 1 aromatic rings. The van der Waals surface area contributed by atoms with Crippen molar-refractivity contribution in [2.24, 2.45) is 0 Å². The number of imide groups is 1. The van der Waals surface area contributed by atoms with Crippen molar-refractivity contribution < 1.29 is 14.3 Å². The molecule has 0 spiro atoms. The van der Waals surface area contributed by atoms with Crippen molar-refractivity contribution >= 4 is 11.9 Å². The maximum atomic E-state index is 11.9. The lowest BCUT2D eigenvalue weighted by Gasteiger charge is -2.17. The lowest BCUT2D eigenvalue weighted by Crippen LogP contribution is -2.46. The minimum Gasteiger partial charge on any atom is -0.490 e. The van der Waals surface area contributed by atoms with Gasteiger partial charge in [-0.05, 0) is 38.1 Å². The molecule has 0 aliphatic rings. The Kier molecular flexibility index (Phi) is 8.57. The third kappa shape index (κ3) is 7.78. The molecule has 0 bridgehead atoms. The number of ether oxygens (including phenoxy) is 1. The summed E-state index contributed by atoms with van der Waals surface area (Å²) in [6.45, 7) is 8.67. The van der Waals surface area contributed by atoms with Crippen molar-refractivity contribution in [2.45, 2.75) is 32.9 Å². The number of carbonyl (C=O) groups excluding carboxylic acids is 2. The Balaban J connectivity index is 2.39. The maximum absolute atomic E-state index is 11.9. The molecule has 132 valence electrons. The first kappa shape index (κ1) is 19.7. The standard InChI is InChI=1S/C18H27N3O3/c1-5-11-24-16-9-7-15(8-10-16)12-21(4)13-17(22)20-18(23)19-14(3)6-2/h5,7-10,14H,1,6,11-13H2,2-4H3,(H2,19,20,22,23)/t14-/m0/s1. The number of urea groups is 1. The van der Waals surface area contributed by atoms with Gasteiger partial charge in [0.15, 0.2) is 0 Å². The smallest absolute Gasteiger partial charge is 0.321 e. The summed E-state index contributed by atoms with van der Waals surface area (Å²) in [5.74, 6) is 0.449. The van der Waals surface area contributed by atoms with E-state index in [0.717, 1.165) is 17.7 Å². The molecule has 0 heterocycles. The number of nitrogens with one attached hydrogen (secondary N) is 2. The van der Waals surface area contributed by atoms with Crippen LogP contribution in [0.25, 0.3) is 0 Å². The minimum atomic E-state index is -0.452. The summed E-state index contributed by atoms with van der Waals surface area (Å²) >= 11 is 0. The summed E-state index contributed by atoms with van der Waals surface area (Å²) in [5, 5.41) is 5.03. The van der Waals surface area contributed by atoms with Gasteiger partial charge in [0, 0.05) is 12.6 Å². The fourth-order valence-corrected chi connectivity index (χ4v) is 1.99. The molecule has 2 N–H and O–H groups in total. The van der Waals surface area contributed by atoms with Crippen LogP contribution in [0.5, 0.6) is 5.75 Å². The van der Waals surface area contributed by atoms with Gasteiger partial charge >= 0.3 is 6.03 Å². The third-order valence-corrected chi connectivity index (χ3v) is 3.40.